The Morgan fingerprint density at radius 2 is 1.77 bits per heavy atom. The number of carboxylic acid groups (broad SMARTS) is 1. The highest BCUT2D eigenvalue weighted by Crippen LogP contribution is 2.42. The number of aliphatic hydroxyl groups excluding tert-OH is 2. The fourth-order valence-electron chi connectivity index (χ4n) is 3.77. The van der Waals surface area contributed by atoms with Crippen LogP contribution in [0.4, 0.5) is 20.3 Å². The average molecular weight is 562 g/mol. The molecule has 4 rings (SSSR count). The summed E-state index contributed by atoms with van der Waals surface area (Å²) in [6, 6.07) is 6.80. The van der Waals surface area contributed by atoms with Crippen molar-refractivity contribution < 1.29 is 52.8 Å². The van der Waals surface area contributed by atoms with Gasteiger partial charge in [0.1, 0.15) is 18.5 Å². The summed E-state index contributed by atoms with van der Waals surface area (Å²) in [7, 11) is 0. The van der Waals surface area contributed by atoms with Gasteiger partial charge in [0, 0.05) is 24.5 Å². The van der Waals surface area contributed by atoms with Crippen LogP contribution in [0.15, 0.2) is 65.2 Å². The van der Waals surface area contributed by atoms with Crippen LogP contribution >= 0.6 is 0 Å². The molecule has 16 heteroatoms. The number of hydrogen-bond acceptors (Lipinski definition) is 11. The fourth-order valence-corrected chi connectivity index (χ4v) is 3.77. The number of halogens is 2. The van der Waals surface area contributed by atoms with E-state index >= 15 is 0 Å². The molecule has 3 heterocycles. The van der Waals surface area contributed by atoms with Crippen molar-refractivity contribution >= 4 is 35.3 Å². The van der Waals surface area contributed by atoms with E-state index in [1.165, 1.54) is 24.3 Å². The number of benzene rings is 1. The second kappa shape index (κ2) is 11.1. The lowest BCUT2D eigenvalue weighted by Gasteiger charge is -2.21. The van der Waals surface area contributed by atoms with Crippen LogP contribution < -0.4 is 15.9 Å². The largest absolute Gasteiger partial charge is 0.477 e. The number of esters is 1. The molecule has 2 aliphatic heterocycles. The molecule has 4 N–H and O–H groups in total. The Bertz CT molecular complexity index is 1450. The Kier molecular flexibility index (Phi) is 7.85. The lowest BCUT2D eigenvalue weighted by atomic mass is 10.1. The number of ether oxygens (including phenoxy) is 2. The molecule has 1 unspecified atom stereocenters. The normalized spacial score (nSPS) is 22.1. The topological polar surface area (TPSA) is 198 Å². The molecule has 1 aromatic heterocycles. The van der Waals surface area contributed by atoms with Crippen LogP contribution in [0.25, 0.3) is 0 Å². The van der Waals surface area contributed by atoms with Gasteiger partial charge in [-0.05, 0) is 23.8 Å². The number of amides is 2. The van der Waals surface area contributed by atoms with Crippen molar-refractivity contribution in [3.63, 3.8) is 0 Å². The summed E-state index contributed by atoms with van der Waals surface area (Å²) in [5.74, 6) is -8.23. The first kappa shape index (κ1) is 28.2. The highest BCUT2D eigenvalue weighted by molar-refractivity contribution is 6.28. The van der Waals surface area contributed by atoms with Gasteiger partial charge in [0.15, 0.2) is 11.7 Å². The molecule has 0 saturated carbocycles. The standard InChI is InChI=1S/C24H20F2N4O10/c25-24(26)19(34)15(10-31)40-22(24)29-8-7-16(28-23(29)38)27-9-14(20(35)36)21(37)39-11-12-1-3-13(4-2-12)30-17(32)5-6-18(30)33/h1-9,15,19,22,31,34H,10-11H2,(H,35,36)(H,27,28,38)/b14-9+/t15-,19?,22-/m1/s1. The van der Waals surface area contributed by atoms with Gasteiger partial charge in [-0.15, -0.1) is 0 Å². The number of alkyl halides is 2. The maximum absolute atomic E-state index is 14.3. The van der Waals surface area contributed by atoms with E-state index in [0.717, 1.165) is 29.3 Å². The Morgan fingerprint density at radius 1 is 1.12 bits per heavy atom. The van der Waals surface area contributed by atoms with Crippen molar-refractivity contribution in [1.29, 1.82) is 0 Å². The Hall–Kier alpha value is -4.80. The number of anilines is 2. The number of aliphatic hydroxyl groups is 2. The first-order chi connectivity index (χ1) is 18.9. The third kappa shape index (κ3) is 5.49. The maximum atomic E-state index is 14.3. The minimum absolute atomic E-state index is 0.285. The molecule has 210 valence electrons. The lowest BCUT2D eigenvalue weighted by Crippen LogP contribution is -2.41. The summed E-state index contributed by atoms with van der Waals surface area (Å²) in [5, 5.41) is 30.4. The van der Waals surface area contributed by atoms with Crippen molar-refractivity contribution in [2.24, 2.45) is 0 Å². The summed E-state index contributed by atoms with van der Waals surface area (Å²) < 4.78 is 38.9. The highest BCUT2D eigenvalue weighted by atomic mass is 19.3. The van der Waals surface area contributed by atoms with E-state index in [2.05, 4.69) is 10.3 Å². The molecule has 2 aromatic rings. The molecule has 40 heavy (non-hydrogen) atoms. The van der Waals surface area contributed by atoms with Gasteiger partial charge in [-0.2, -0.15) is 13.8 Å². The molecule has 0 bridgehead atoms. The van der Waals surface area contributed by atoms with Crippen LogP contribution in [0.1, 0.15) is 11.8 Å². The summed E-state index contributed by atoms with van der Waals surface area (Å²) >= 11 is 0. The molecule has 2 amide bonds. The quantitative estimate of drug-likeness (QED) is 0.102. The summed E-state index contributed by atoms with van der Waals surface area (Å²) in [6.45, 7) is -1.29. The third-order valence-electron chi connectivity index (χ3n) is 5.83. The van der Waals surface area contributed by atoms with Gasteiger partial charge in [-0.1, -0.05) is 12.1 Å². The molecule has 2 aliphatic rings. The molecule has 1 fully saturated rings. The Morgan fingerprint density at radius 3 is 2.33 bits per heavy atom. The minimum atomic E-state index is -3.92. The van der Waals surface area contributed by atoms with Crippen LogP contribution in [0.5, 0.6) is 0 Å². The number of carbonyl (C=O) groups excluding carboxylic acids is 3. The first-order valence-corrected chi connectivity index (χ1v) is 11.4. The number of rotatable bonds is 9. The van der Waals surface area contributed by atoms with Crippen LogP contribution in [0.2, 0.25) is 0 Å². The number of nitrogens with one attached hydrogen (secondary N) is 1. The molecule has 0 aliphatic carbocycles. The zero-order chi connectivity index (χ0) is 29.2. The van der Waals surface area contributed by atoms with E-state index < -0.39 is 66.0 Å². The molecule has 1 aromatic carbocycles. The van der Waals surface area contributed by atoms with Gasteiger partial charge in [0.25, 0.3) is 11.8 Å². The first-order valence-electron chi connectivity index (χ1n) is 11.4. The highest BCUT2D eigenvalue weighted by Gasteiger charge is 2.59. The number of carbonyl (C=O) groups is 4. The second-order valence-corrected chi connectivity index (χ2v) is 8.43. The fraction of sp³-hybridized carbons (Fsp3) is 0.250. The summed E-state index contributed by atoms with van der Waals surface area (Å²) in [6.07, 6.45) is -2.49. The number of carboxylic acids is 1. The molecule has 1 saturated heterocycles. The monoisotopic (exact) mass is 562 g/mol. The van der Waals surface area contributed by atoms with Crippen LogP contribution in [-0.2, 0) is 35.3 Å². The van der Waals surface area contributed by atoms with E-state index in [0.29, 0.717) is 16.3 Å². The van der Waals surface area contributed by atoms with Crippen molar-refractivity contribution in [3.8, 4) is 0 Å². The van der Waals surface area contributed by atoms with Gasteiger partial charge in [0.05, 0.1) is 12.3 Å². The number of aromatic nitrogens is 2. The van der Waals surface area contributed by atoms with Crippen molar-refractivity contribution in [3.05, 3.63) is 76.5 Å². The van der Waals surface area contributed by atoms with Gasteiger partial charge in [-0.25, -0.2) is 19.3 Å². The minimum Gasteiger partial charge on any atom is -0.477 e. The number of aliphatic carboxylic acids is 1. The molecular weight excluding hydrogens is 542 g/mol. The summed E-state index contributed by atoms with van der Waals surface area (Å²) in [5.41, 5.74) is -1.45. The van der Waals surface area contributed by atoms with Crippen molar-refractivity contribution in [1.82, 2.24) is 9.55 Å². The van der Waals surface area contributed by atoms with E-state index in [-0.39, 0.29) is 18.1 Å². The summed E-state index contributed by atoms with van der Waals surface area (Å²) in [4.78, 5) is 64.2. The van der Waals surface area contributed by atoms with E-state index in [9.17, 15) is 43.0 Å². The predicted octanol–water partition coefficient (Wildman–Crippen LogP) is -0.318. The SMILES string of the molecule is O=C(O)/C(=C\Nc1ccn([C@@H]2O[C@H](CO)C(O)C2(F)F)c(=O)n1)C(=O)OCc1ccc(N2C(=O)C=CC2=O)cc1. The predicted molar refractivity (Wildman–Crippen MR) is 128 cm³/mol. The number of imide groups is 1. The number of hydrogen-bond donors (Lipinski definition) is 4. The molecule has 14 nitrogen and oxygen atoms in total. The van der Waals surface area contributed by atoms with Gasteiger partial charge in [0.2, 0.25) is 6.23 Å². The van der Waals surface area contributed by atoms with Crippen LogP contribution in [-0.4, -0.2) is 73.4 Å². The van der Waals surface area contributed by atoms with Crippen LogP contribution in [0, 0.1) is 0 Å². The van der Waals surface area contributed by atoms with Gasteiger partial charge < -0.3 is 30.1 Å². The van der Waals surface area contributed by atoms with E-state index in [1.54, 1.807) is 0 Å². The zero-order valence-electron chi connectivity index (χ0n) is 20.1. The lowest BCUT2D eigenvalue weighted by molar-refractivity contribution is -0.145. The maximum Gasteiger partial charge on any atom is 0.351 e. The van der Waals surface area contributed by atoms with Gasteiger partial charge >= 0.3 is 23.6 Å². The molecule has 0 spiro atoms. The average Bonchev–Trinajstić information content (AvgIpc) is 3.37. The van der Waals surface area contributed by atoms with E-state index in [1.807, 2.05) is 0 Å². The Balaban J connectivity index is 1.40. The Labute approximate surface area is 222 Å². The number of nitrogens with zero attached hydrogens (tertiary/aromatic N) is 3. The van der Waals surface area contributed by atoms with Crippen LogP contribution in [0.3, 0.4) is 0 Å². The zero-order valence-corrected chi connectivity index (χ0v) is 20.1. The van der Waals surface area contributed by atoms with Crippen molar-refractivity contribution in [2.75, 3.05) is 16.8 Å². The van der Waals surface area contributed by atoms with Gasteiger partial charge in [-0.3, -0.25) is 14.2 Å². The smallest absolute Gasteiger partial charge is 0.351 e. The molecule has 0 radical (unpaired) electrons. The molecular formula is C24H20F2N4O10. The van der Waals surface area contributed by atoms with E-state index in [4.69, 9.17) is 14.6 Å². The second-order valence-electron chi connectivity index (χ2n) is 8.43. The molecule has 3 atom stereocenters. The van der Waals surface area contributed by atoms with Crippen molar-refractivity contribution in [2.45, 2.75) is 31.0 Å². The third-order valence-corrected chi connectivity index (χ3v) is 5.83.